The predicted molar refractivity (Wildman–Crippen MR) is 133 cm³/mol. The summed E-state index contributed by atoms with van der Waals surface area (Å²) in [6.07, 6.45) is 0.731. The minimum Gasteiger partial charge on any atom is -0.482 e. The highest BCUT2D eigenvalue weighted by atomic mass is 32.1. The highest BCUT2D eigenvalue weighted by Gasteiger charge is 2.18. The third-order valence-electron chi connectivity index (χ3n) is 6.04. The fraction of sp³-hybridized carbons (Fsp3) is 0.185. The minimum absolute atomic E-state index is 0.0291. The molecule has 0 fully saturated rings. The molecule has 0 saturated heterocycles. The van der Waals surface area contributed by atoms with E-state index >= 15 is 0 Å². The third-order valence-corrected chi connectivity index (χ3v) is 6.90. The van der Waals surface area contributed by atoms with E-state index in [1.54, 1.807) is 11.3 Å². The lowest BCUT2D eigenvalue weighted by atomic mass is 10.1. The number of nitrogens with one attached hydrogen (secondary N) is 1. The van der Waals surface area contributed by atoms with Crippen molar-refractivity contribution in [2.45, 2.75) is 26.8 Å². The van der Waals surface area contributed by atoms with Gasteiger partial charge in [0.2, 0.25) is 0 Å². The molecule has 3 aromatic carbocycles. The Bertz CT molecular complexity index is 1440. The van der Waals surface area contributed by atoms with Crippen molar-refractivity contribution in [2.75, 3.05) is 11.9 Å². The maximum Gasteiger partial charge on any atom is 0.262 e. The molecule has 0 aliphatic carbocycles. The molecule has 4 aromatic rings. The number of carbonyl (C=O) groups is 1. The molecule has 1 N–H and O–H groups in total. The lowest BCUT2D eigenvalue weighted by Gasteiger charge is -2.19. The van der Waals surface area contributed by atoms with Crippen LogP contribution in [0.2, 0.25) is 0 Å². The van der Waals surface area contributed by atoms with Gasteiger partial charge >= 0.3 is 0 Å². The van der Waals surface area contributed by atoms with E-state index in [2.05, 4.69) is 35.2 Å². The van der Waals surface area contributed by atoms with E-state index in [0.29, 0.717) is 18.0 Å². The van der Waals surface area contributed by atoms with Crippen LogP contribution < -0.4 is 14.9 Å². The first-order valence-corrected chi connectivity index (χ1v) is 12.0. The summed E-state index contributed by atoms with van der Waals surface area (Å²) in [5, 5.41) is 4.97. The number of hydrogen-bond acceptors (Lipinski definition) is 4. The van der Waals surface area contributed by atoms with Crippen molar-refractivity contribution in [2.24, 2.45) is 4.99 Å². The number of nitrogens with zero attached hydrogens (tertiary/aromatic N) is 2. The van der Waals surface area contributed by atoms with Gasteiger partial charge in [0, 0.05) is 17.5 Å². The van der Waals surface area contributed by atoms with Crippen LogP contribution in [0.15, 0.2) is 71.0 Å². The smallest absolute Gasteiger partial charge is 0.262 e. The molecule has 1 aromatic heterocycles. The van der Waals surface area contributed by atoms with Crippen molar-refractivity contribution < 1.29 is 13.9 Å². The Morgan fingerprint density at radius 3 is 2.76 bits per heavy atom. The number of anilines is 1. The SMILES string of the molecule is Cc1cccc(N=c2scc(-c3ccc4c(c3)NC(=O)CO4)n2CCc2ccc(F)cc2)c1C. The number of halogens is 1. The summed E-state index contributed by atoms with van der Waals surface area (Å²) in [5.41, 5.74) is 6.96. The average Bonchev–Trinajstić information content (AvgIpc) is 3.23. The zero-order valence-corrected chi connectivity index (χ0v) is 19.8. The van der Waals surface area contributed by atoms with Crippen LogP contribution in [0.4, 0.5) is 15.8 Å². The Labute approximate surface area is 201 Å². The molecule has 0 atom stereocenters. The zero-order chi connectivity index (χ0) is 23.7. The largest absolute Gasteiger partial charge is 0.482 e. The van der Waals surface area contributed by atoms with E-state index in [-0.39, 0.29) is 18.3 Å². The number of benzene rings is 3. The normalized spacial score (nSPS) is 13.4. The van der Waals surface area contributed by atoms with Gasteiger partial charge in [0.25, 0.3) is 5.91 Å². The molecule has 1 aliphatic heterocycles. The Hall–Kier alpha value is -3.71. The van der Waals surface area contributed by atoms with E-state index in [0.717, 1.165) is 39.3 Å². The summed E-state index contributed by atoms with van der Waals surface area (Å²) in [7, 11) is 0. The minimum atomic E-state index is -0.239. The maximum atomic E-state index is 13.4. The highest BCUT2D eigenvalue weighted by molar-refractivity contribution is 7.07. The Balaban J connectivity index is 1.58. The lowest BCUT2D eigenvalue weighted by molar-refractivity contribution is -0.118. The summed E-state index contributed by atoms with van der Waals surface area (Å²) < 4.78 is 21.1. The molecule has 0 radical (unpaired) electrons. The van der Waals surface area contributed by atoms with Gasteiger partial charge in [0.15, 0.2) is 11.4 Å². The van der Waals surface area contributed by atoms with Crippen LogP contribution in [0.1, 0.15) is 16.7 Å². The standard InChI is InChI=1S/C27H24FN3O2S/c1-17-4-3-5-22(18(17)2)30-27-31(13-12-19-6-9-21(28)10-7-19)24(16-34-27)20-8-11-25-23(14-20)29-26(32)15-33-25/h3-11,14,16H,12-13,15H2,1-2H3,(H,29,32). The molecule has 5 rings (SSSR count). The van der Waals surface area contributed by atoms with Gasteiger partial charge in [-0.2, -0.15) is 0 Å². The third kappa shape index (κ3) is 4.52. The van der Waals surface area contributed by atoms with Gasteiger partial charge in [0.1, 0.15) is 11.6 Å². The second-order valence-electron chi connectivity index (χ2n) is 8.31. The van der Waals surface area contributed by atoms with Gasteiger partial charge in [-0.3, -0.25) is 4.79 Å². The van der Waals surface area contributed by atoms with E-state index in [1.165, 1.54) is 17.7 Å². The van der Waals surface area contributed by atoms with Gasteiger partial charge in [-0.25, -0.2) is 9.38 Å². The number of rotatable bonds is 5. The first-order chi connectivity index (χ1) is 16.5. The molecule has 5 nitrogen and oxygen atoms in total. The van der Waals surface area contributed by atoms with Gasteiger partial charge < -0.3 is 14.6 Å². The van der Waals surface area contributed by atoms with Crippen LogP contribution in [0.25, 0.3) is 11.3 Å². The highest BCUT2D eigenvalue weighted by Crippen LogP contribution is 2.33. The molecule has 1 amide bonds. The first kappa shape index (κ1) is 22.1. The van der Waals surface area contributed by atoms with Crippen molar-refractivity contribution in [3.8, 4) is 17.0 Å². The lowest BCUT2D eigenvalue weighted by Crippen LogP contribution is -2.25. The van der Waals surface area contributed by atoms with Crippen molar-refractivity contribution >= 4 is 28.6 Å². The van der Waals surface area contributed by atoms with Crippen LogP contribution >= 0.6 is 11.3 Å². The van der Waals surface area contributed by atoms with E-state index in [9.17, 15) is 9.18 Å². The Morgan fingerprint density at radius 2 is 1.94 bits per heavy atom. The fourth-order valence-electron chi connectivity index (χ4n) is 3.96. The monoisotopic (exact) mass is 473 g/mol. The van der Waals surface area contributed by atoms with E-state index in [4.69, 9.17) is 9.73 Å². The first-order valence-electron chi connectivity index (χ1n) is 11.1. The second kappa shape index (κ2) is 9.27. The zero-order valence-electron chi connectivity index (χ0n) is 19.0. The Kier molecular flexibility index (Phi) is 6.02. The molecular weight excluding hydrogens is 449 g/mol. The van der Waals surface area contributed by atoms with Gasteiger partial charge in [0.05, 0.1) is 17.1 Å². The second-order valence-corrected chi connectivity index (χ2v) is 9.15. The molecule has 1 aliphatic rings. The van der Waals surface area contributed by atoms with Gasteiger partial charge in [-0.1, -0.05) is 24.3 Å². The quantitative estimate of drug-likeness (QED) is 0.400. The summed E-state index contributed by atoms with van der Waals surface area (Å²) in [4.78, 5) is 17.7. The van der Waals surface area contributed by atoms with Gasteiger partial charge in [-0.15, -0.1) is 11.3 Å². The van der Waals surface area contributed by atoms with Gasteiger partial charge in [-0.05, 0) is 73.4 Å². The number of hydrogen-bond donors (Lipinski definition) is 1. The molecule has 172 valence electrons. The predicted octanol–water partition coefficient (Wildman–Crippen LogP) is 5.78. The number of carbonyl (C=O) groups excluding carboxylic acids is 1. The molecule has 0 spiro atoms. The topological polar surface area (TPSA) is 55.6 Å². The van der Waals surface area contributed by atoms with Crippen LogP contribution in [0.3, 0.4) is 0 Å². The van der Waals surface area contributed by atoms with E-state index < -0.39 is 0 Å². The molecule has 0 bridgehead atoms. The number of aromatic nitrogens is 1. The number of thiazole rings is 1. The Morgan fingerprint density at radius 1 is 1.12 bits per heavy atom. The van der Waals surface area contributed by atoms with Crippen LogP contribution in [-0.2, 0) is 17.8 Å². The number of ether oxygens (including phenoxy) is 1. The summed E-state index contributed by atoms with van der Waals surface area (Å²) in [5.74, 6) is 0.262. The molecule has 7 heteroatoms. The van der Waals surface area contributed by atoms with Crippen LogP contribution in [0, 0.1) is 19.7 Å². The summed E-state index contributed by atoms with van der Waals surface area (Å²) >= 11 is 1.57. The average molecular weight is 474 g/mol. The number of fused-ring (bicyclic) bond motifs is 1. The number of aryl methyl sites for hydroxylation is 2. The van der Waals surface area contributed by atoms with Crippen molar-refractivity contribution in [3.05, 3.63) is 93.4 Å². The molecule has 34 heavy (non-hydrogen) atoms. The van der Waals surface area contributed by atoms with Crippen LogP contribution in [-0.4, -0.2) is 17.1 Å². The number of amides is 1. The molecule has 2 heterocycles. The van der Waals surface area contributed by atoms with Crippen molar-refractivity contribution in [1.82, 2.24) is 4.57 Å². The molecule has 0 unspecified atom stereocenters. The summed E-state index contributed by atoms with van der Waals surface area (Å²) in [6, 6.07) is 18.5. The van der Waals surface area contributed by atoms with Crippen molar-refractivity contribution in [3.63, 3.8) is 0 Å². The molecule has 0 saturated carbocycles. The molecular formula is C27H24FN3O2S. The summed E-state index contributed by atoms with van der Waals surface area (Å²) in [6.45, 7) is 4.87. The van der Waals surface area contributed by atoms with Crippen LogP contribution in [0.5, 0.6) is 5.75 Å². The fourth-order valence-corrected chi connectivity index (χ4v) is 4.91. The van der Waals surface area contributed by atoms with Crippen molar-refractivity contribution in [1.29, 1.82) is 0 Å². The van der Waals surface area contributed by atoms with E-state index in [1.807, 2.05) is 42.5 Å². The maximum absolute atomic E-state index is 13.4.